The molecule has 1 N–H and O–H groups in total. The molecule has 0 saturated carbocycles. The summed E-state index contributed by atoms with van der Waals surface area (Å²) in [5.74, 6) is -1.02. The van der Waals surface area contributed by atoms with E-state index in [-0.39, 0.29) is 5.82 Å². The molecule has 0 aromatic heterocycles. The summed E-state index contributed by atoms with van der Waals surface area (Å²) in [6.07, 6.45) is 0. The van der Waals surface area contributed by atoms with Crippen LogP contribution in [0, 0.1) is 12.7 Å². The monoisotopic (exact) mass is 288 g/mol. The zero-order valence-corrected chi connectivity index (χ0v) is 12.0. The summed E-state index contributed by atoms with van der Waals surface area (Å²) in [5.41, 5.74) is 2.43. The van der Waals surface area contributed by atoms with Crippen LogP contribution in [0.4, 0.5) is 4.39 Å². The lowest BCUT2D eigenvalue weighted by molar-refractivity contribution is -0.138. The lowest BCUT2D eigenvalue weighted by Crippen LogP contribution is -2.07. The summed E-state index contributed by atoms with van der Waals surface area (Å²) < 4.78 is 18.6. The number of aliphatic carboxylic acids is 1. The van der Waals surface area contributed by atoms with Crippen LogP contribution in [0.1, 0.15) is 29.5 Å². The highest BCUT2D eigenvalue weighted by atomic mass is 19.1. The van der Waals surface area contributed by atoms with Crippen molar-refractivity contribution < 1.29 is 19.0 Å². The third kappa shape index (κ3) is 3.81. The van der Waals surface area contributed by atoms with Crippen LogP contribution in [0.25, 0.3) is 0 Å². The first-order chi connectivity index (χ1) is 9.97. The summed E-state index contributed by atoms with van der Waals surface area (Å²) in [6.45, 7) is 3.79. The minimum Gasteiger partial charge on any atom is -0.489 e. The fourth-order valence-corrected chi connectivity index (χ4v) is 1.98. The topological polar surface area (TPSA) is 46.5 Å². The highest BCUT2D eigenvalue weighted by molar-refractivity contribution is 5.75. The highest BCUT2D eigenvalue weighted by Gasteiger charge is 2.13. The normalized spacial score (nSPS) is 12.0. The molecule has 0 bridgehead atoms. The Balaban J connectivity index is 2.02. The number of rotatable bonds is 5. The van der Waals surface area contributed by atoms with E-state index in [4.69, 9.17) is 9.84 Å². The van der Waals surface area contributed by atoms with Crippen molar-refractivity contribution in [3.8, 4) is 5.75 Å². The first-order valence-electron chi connectivity index (χ1n) is 6.68. The molecule has 0 fully saturated rings. The minimum absolute atomic E-state index is 0.285. The number of aryl methyl sites for hydroxylation is 1. The van der Waals surface area contributed by atoms with Crippen molar-refractivity contribution in [2.45, 2.75) is 26.4 Å². The van der Waals surface area contributed by atoms with Gasteiger partial charge in [0.2, 0.25) is 0 Å². The molecule has 4 heteroatoms. The number of halogens is 1. The van der Waals surface area contributed by atoms with Crippen LogP contribution in [0.15, 0.2) is 42.5 Å². The molecule has 0 spiro atoms. The van der Waals surface area contributed by atoms with Crippen molar-refractivity contribution >= 4 is 5.97 Å². The smallest absolute Gasteiger partial charge is 0.310 e. The molecular weight excluding hydrogens is 271 g/mol. The summed E-state index contributed by atoms with van der Waals surface area (Å²) >= 11 is 0. The van der Waals surface area contributed by atoms with E-state index in [9.17, 15) is 9.18 Å². The molecule has 110 valence electrons. The third-order valence-electron chi connectivity index (χ3n) is 3.38. The third-order valence-corrected chi connectivity index (χ3v) is 3.38. The van der Waals surface area contributed by atoms with Crippen molar-refractivity contribution in [3.63, 3.8) is 0 Å². The van der Waals surface area contributed by atoms with Crippen molar-refractivity contribution in [2.24, 2.45) is 0 Å². The van der Waals surface area contributed by atoms with Gasteiger partial charge in [-0.15, -0.1) is 0 Å². The van der Waals surface area contributed by atoms with Crippen molar-refractivity contribution in [2.75, 3.05) is 0 Å². The van der Waals surface area contributed by atoms with Gasteiger partial charge in [-0.1, -0.05) is 24.3 Å². The Hall–Kier alpha value is -2.36. The van der Waals surface area contributed by atoms with Crippen LogP contribution in [0.5, 0.6) is 5.75 Å². The largest absolute Gasteiger partial charge is 0.489 e. The maximum Gasteiger partial charge on any atom is 0.310 e. The van der Waals surface area contributed by atoms with Crippen molar-refractivity contribution in [3.05, 3.63) is 65.0 Å². The van der Waals surface area contributed by atoms with Crippen LogP contribution in [0.3, 0.4) is 0 Å². The standard InChI is InChI=1S/C17H17FO3/c1-11-9-15(18)7-8-16(11)21-10-13-3-5-14(6-4-13)12(2)17(19)20/h3-9,12H,10H2,1-2H3,(H,19,20). The van der Waals surface area contributed by atoms with E-state index < -0.39 is 11.9 Å². The predicted molar refractivity (Wildman–Crippen MR) is 78.0 cm³/mol. The fraction of sp³-hybridized carbons (Fsp3) is 0.235. The van der Waals surface area contributed by atoms with Crippen LogP contribution < -0.4 is 4.74 Å². The number of carbonyl (C=O) groups is 1. The van der Waals surface area contributed by atoms with E-state index in [1.165, 1.54) is 12.1 Å². The molecule has 0 heterocycles. The Bertz CT molecular complexity index is 635. The molecule has 0 aliphatic carbocycles. The highest BCUT2D eigenvalue weighted by Crippen LogP contribution is 2.21. The van der Waals surface area contributed by atoms with Crippen LogP contribution in [-0.2, 0) is 11.4 Å². The zero-order valence-electron chi connectivity index (χ0n) is 12.0. The number of benzene rings is 2. The van der Waals surface area contributed by atoms with Gasteiger partial charge < -0.3 is 9.84 Å². The summed E-state index contributed by atoms with van der Waals surface area (Å²) in [4.78, 5) is 10.9. The average Bonchev–Trinajstić information content (AvgIpc) is 2.46. The van der Waals surface area contributed by atoms with Gasteiger partial charge >= 0.3 is 5.97 Å². The van der Waals surface area contributed by atoms with E-state index in [0.717, 1.165) is 16.7 Å². The molecule has 0 amide bonds. The Morgan fingerprint density at radius 3 is 2.48 bits per heavy atom. The molecule has 3 nitrogen and oxygen atoms in total. The number of carboxylic acids is 1. The molecule has 2 rings (SSSR count). The average molecular weight is 288 g/mol. The Kier molecular flexibility index (Phi) is 4.58. The van der Waals surface area contributed by atoms with Crippen LogP contribution in [0.2, 0.25) is 0 Å². The molecule has 0 radical (unpaired) electrons. The molecular formula is C17H17FO3. The minimum atomic E-state index is -0.846. The van der Waals surface area contributed by atoms with Gasteiger partial charge in [0.25, 0.3) is 0 Å². The molecule has 0 saturated heterocycles. The van der Waals surface area contributed by atoms with Gasteiger partial charge in [0.05, 0.1) is 5.92 Å². The van der Waals surface area contributed by atoms with Gasteiger partial charge in [-0.05, 0) is 48.7 Å². The summed E-state index contributed by atoms with van der Waals surface area (Å²) in [7, 11) is 0. The fourth-order valence-electron chi connectivity index (χ4n) is 1.98. The predicted octanol–water partition coefficient (Wildman–Crippen LogP) is 3.90. The second-order valence-corrected chi connectivity index (χ2v) is 5.00. The SMILES string of the molecule is Cc1cc(F)ccc1OCc1ccc(C(C)C(=O)O)cc1. The summed E-state index contributed by atoms with van der Waals surface area (Å²) in [6, 6.07) is 11.6. The lowest BCUT2D eigenvalue weighted by atomic mass is 10.0. The van der Waals surface area contributed by atoms with Gasteiger partial charge in [-0.25, -0.2) is 4.39 Å². The first-order valence-corrected chi connectivity index (χ1v) is 6.68. The molecule has 1 atom stereocenters. The van der Waals surface area contributed by atoms with E-state index in [2.05, 4.69) is 0 Å². The van der Waals surface area contributed by atoms with Gasteiger partial charge in [-0.3, -0.25) is 4.79 Å². The molecule has 2 aromatic carbocycles. The van der Waals surface area contributed by atoms with Crippen molar-refractivity contribution in [1.82, 2.24) is 0 Å². The second kappa shape index (κ2) is 6.39. The Labute approximate surface area is 123 Å². The van der Waals surface area contributed by atoms with Gasteiger partial charge in [0, 0.05) is 0 Å². The van der Waals surface area contributed by atoms with E-state index in [1.54, 1.807) is 32.0 Å². The molecule has 0 aliphatic heterocycles. The number of hydrogen-bond donors (Lipinski definition) is 1. The molecule has 2 aromatic rings. The molecule has 21 heavy (non-hydrogen) atoms. The Morgan fingerprint density at radius 2 is 1.90 bits per heavy atom. The van der Waals surface area contributed by atoms with E-state index in [0.29, 0.717) is 12.4 Å². The quantitative estimate of drug-likeness (QED) is 0.907. The van der Waals surface area contributed by atoms with E-state index >= 15 is 0 Å². The van der Waals surface area contributed by atoms with Gasteiger partial charge in [-0.2, -0.15) is 0 Å². The first kappa shape index (κ1) is 15.0. The maximum absolute atomic E-state index is 13.0. The van der Waals surface area contributed by atoms with Gasteiger partial charge in [0.1, 0.15) is 18.2 Å². The number of carboxylic acid groups (broad SMARTS) is 1. The Morgan fingerprint density at radius 1 is 1.24 bits per heavy atom. The maximum atomic E-state index is 13.0. The molecule has 0 aliphatic rings. The summed E-state index contributed by atoms with van der Waals surface area (Å²) in [5, 5.41) is 8.95. The second-order valence-electron chi connectivity index (χ2n) is 5.00. The van der Waals surface area contributed by atoms with Crippen molar-refractivity contribution in [1.29, 1.82) is 0 Å². The van der Waals surface area contributed by atoms with Crippen LogP contribution in [-0.4, -0.2) is 11.1 Å². The lowest BCUT2D eigenvalue weighted by Gasteiger charge is -2.11. The molecule has 1 unspecified atom stereocenters. The van der Waals surface area contributed by atoms with Crippen LogP contribution >= 0.6 is 0 Å². The zero-order chi connectivity index (χ0) is 15.4. The van der Waals surface area contributed by atoms with Gasteiger partial charge in [0.15, 0.2) is 0 Å². The number of ether oxygens (including phenoxy) is 1. The van der Waals surface area contributed by atoms with E-state index in [1.807, 2.05) is 12.1 Å². The number of hydrogen-bond acceptors (Lipinski definition) is 2.